The summed E-state index contributed by atoms with van der Waals surface area (Å²) in [6.07, 6.45) is 3.67. The first-order valence-corrected chi connectivity index (χ1v) is 12.3. The zero-order valence-electron chi connectivity index (χ0n) is 18.2. The normalized spacial score (nSPS) is 20.3. The molecular formula is C26H31BrN4. The van der Waals surface area contributed by atoms with Gasteiger partial charge in [0, 0.05) is 65.9 Å². The van der Waals surface area contributed by atoms with Gasteiger partial charge in [0.05, 0.1) is 5.52 Å². The molecule has 4 nitrogen and oxygen atoms in total. The molecule has 162 valence electrons. The number of nitrogens with zero attached hydrogens (tertiary/aromatic N) is 3. The average molecular weight is 479 g/mol. The first kappa shape index (κ1) is 20.9. The maximum absolute atomic E-state index is 4.95. The van der Waals surface area contributed by atoms with Crippen molar-refractivity contribution in [2.24, 2.45) is 0 Å². The molecule has 1 aliphatic carbocycles. The molecule has 1 saturated heterocycles. The Kier molecular flexibility index (Phi) is 6.26. The molecule has 2 heterocycles. The molecule has 0 amide bonds. The van der Waals surface area contributed by atoms with Gasteiger partial charge in [0.25, 0.3) is 0 Å². The third-order valence-corrected chi connectivity index (χ3v) is 7.26. The van der Waals surface area contributed by atoms with Gasteiger partial charge in [0.15, 0.2) is 0 Å². The fourth-order valence-electron chi connectivity index (χ4n) is 4.69. The van der Waals surface area contributed by atoms with Gasteiger partial charge in [-0.3, -0.25) is 9.88 Å². The molecule has 1 N–H and O–H groups in total. The Morgan fingerprint density at radius 3 is 2.71 bits per heavy atom. The van der Waals surface area contributed by atoms with Crippen LogP contribution in [-0.2, 0) is 0 Å². The van der Waals surface area contributed by atoms with E-state index >= 15 is 0 Å². The highest BCUT2D eigenvalue weighted by atomic mass is 79.9. The molecule has 3 aromatic rings. The molecule has 31 heavy (non-hydrogen) atoms. The zero-order valence-corrected chi connectivity index (χ0v) is 19.8. The topological polar surface area (TPSA) is 31.4 Å². The summed E-state index contributed by atoms with van der Waals surface area (Å²) in [4.78, 5) is 10.1. The molecule has 2 aliphatic rings. The highest BCUT2D eigenvalue weighted by molar-refractivity contribution is 9.10. The predicted octanol–water partition coefficient (Wildman–Crippen LogP) is 5.67. The summed E-state index contributed by atoms with van der Waals surface area (Å²) in [5.74, 6) is 0.647. The van der Waals surface area contributed by atoms with Gasteiger partial charge in [-0.05, 0) is 59.9 Å². The smallest absolute Gasteiger partial charge is 0.0868 e. The van der Waals surface area contributed by atoms with Gasteiger partial charge in [-0.15, -0.1) is 0 Å². The second-order valence-electron chi connectivity index (χ2n) is 9.01. The van der Waals surface area contributed by atoms with Crippen LogP contribution in [0.5, 0.6) is 0 Å². The number of anilines is 1. The summed E-state index contributed by atoms with van der Waals surface area (Å²) in [7, 11) is 2.24. The molecule has 1 unspecified atom stereocenters. The first-order valence-electron chi connectivity index (χ1n) is 11.5. The lowest BCUT2D eigenvalue weighted by atomic mass is 10.0. The van der Waals surface area contributed by atoms with Crippen LogP contribution in [0.1, 0.15) is 42.5 Å². The second-order valence-corrected chi connectivity index (χ2v) is 9.86. The van der Waals surface area contributed by atoms with Gasteiger partial charge in [-0.2, -0.15) is 0 Å². The summed E-state index contributed by atoms with van der Waals surface area (Å²) in [5.41, 5.74) is 4.98. The maximum atomic E-state index is 4.95. The summed E-state index contributed by atoms with van der Waals surface area (Å²) >= 11 is 3.70. The lowest BCUT2D eigenvalue weighted by Gasteiger charge is -2.40. The highest BCUT2D eigenvalue weighted by Gasteiger charge is 2.27. The minimum atomic E-state index is 0.485. The van der Waals surface area contributed by atoms with E-state index in [2.05, 4.69) is 92.7 Å². The van der Waals surface area contributed by atoms with Crippen molar-refractivity contribution in [1.82, 2.24) is 14.8 Å². The molecule has 2 fully saturated rings. The predicted molar refractivity (Wildman–Crippen MR) is 133 cm³/mol. The highest BCUT2D eigenvalue weighted by Crippen LogP contribution is 2.41. The monoisotopic (exact) mass is 478 g/mol. The van der Waals surface area contributed by atoms with Crippen LogP contribution in [0.15, 0.2) is 59.1 Å². The zero-order chi connectivity index (χ0) is 21.2. The molecule has 5 heteroatoms. The number of likely N-dealkylation sites (N-methyl/N-ethyl adjacent to an activating group) is 1. The van der Waals surface area contributed by atoms with E-state index < -0.39 is 0 Å². The number of para-hydroxylation sites is 1. The molecular weight excluding hydrogens is 448 g/mol. The van der Waals surface area contributed by atoms with Gasteiger partial charge in [0.2, 0.25) is 0 Å². The van der Waals surface area contributed by atoms with E-state index in [-0.39, 0.29) is 0 Å². The molecule has 0 radical (unpaired) electrons. The van der Waals surface area contributed by atoms with Crippen LogP contribution in [-0.4, -0.2) is 54.6 Å². The minimum Gasteiger partial charge on any atom is -0.384 e. The molecule has 1 atom stereocenters. The van der Waals surface area contributed by atoms with E-state index in [0.717, 1.165) is 49.1 Å². The van der Waals surface area contributed by atoms with E-state index in [0.29, 0.717) is 12.0 Å². The van der Waals surface area contributed by atoms with Gasteiger partial charge >= 0.3 is 0 Å². The van der Waals surface area contributed by atoms with Crippen molar-refractivity contribution in [3.05, 3.63) is 70.3 Å². The SMILES string of the molecule is CN1CCN(CCCNc2cc(C3CC3)nc3c(Br)cccc23)C(c2ccccc2)C1. The van der Waals surface area contributed by atoms with Gasteiger partial charge in [-0.1, -0.05) is 42.5 Å². The lowest BCUT2D eigenvalue weighted by molar-refractivity contribution is 0.0897. The number of pyridine rings is 1. The molecule has 1 saturated carbocycles. The lowest BCUT2D eigenvalue weighted by Crippen LogP contribution is -2.47. The van der Waals surface area contributed by atoms with Crippen LogP contribution in [0.2, 0.25) is 0 Å². The third kappa shape index (κ3) is 4.79. The quantitative estimate of drug-likeness (QED) is 0.443. The number of hydrogen-bond donors (Lipinski definition) is 1. The first-order chi connectivity index (χ1) is 15.2. The number of nitrogens with one attached hydrogen (secondary N) is 1. The molecule has 5 rings (SSSR count). The van der Waals surface area contributed by atoms with E-state index in [1.807, 2.05) is 0 Å². The Bertz CT molecular complexity index is 1030. The van der Waals surface area contributed by atoms with Crippen LogP contribution < -0.4 is 5.32 Å². The fourth-order valence-corrected chi connectivity index (χ4v) is 5.14. The minimum absolute atomic E-state index is 0.485. The summed E-state index contributed by atoms with van der Waals surface area (Å²) in [6.45, 7) is 5.47. The fraction of sp³-hybridized carbons (Fsp3) is 0.423. The molecule has 0 bridgehead atoms. The number of fused-ring (bicyclic) bond motifs is 1. The van der Waals surface area contributed by atoms with Crippen LogP contribution >= 0.6 is 15.9 Å². The van der Waals surface area contributed by atoms with Gasteiger partial charge in [0.1, 0.15) is 0 Å². The molecule has 2 aromatic carbocycles. The number of piperazine rings is 1. The Labute approximate surface area is 193 Å². The van der Waals surface area contributed by atoms with E-state index in [1.54, 1.807) is 0 Å². The van der Waals surface area contributed by atoms with Crippen molar-refractivity contribution in [3.8, 4) is 0 Å². The molecule has 1 aliphatic heterocycles. The van der Waals surface area contributed by atoms with Crippen LogP contribution in [0.25, 0.3) is 10.9 Å². The van der Waals surface area contributed by atoms with Gasteiger partial charge < -0.3 is 10.2 Å². The second kappa shape index (κ2) is 9.27. The van der Waals surface area contributed by atoms with E-state index in [9.17, 15) is 0 Å². The van der Waals surface area contributed by atoms with E-state index in [1.165, 1.54) is 35.2 Å². The maximum Gasteiger partial charge on any atom is 0.0868 e. The Morgan fingerprint density at radius 2 is 1.90 bits per heavy atom. The number of aromatic nitrogens is 1. The van der Waals surface area contributed by atoms with Crippen molar-refractivity contribution in [2.75, 3.05) is 45.1 Å². The van der Waals surface area contributed by atoms with Crippen LogP contribution in [0, 0.1) is 0 Å². The van der Waals surface area contributed by atoms with Crippen LogP contribution in [0.3, 0.4) is 0 Å². The third-order valence-electron chi connectivity index (χ3n) is 6.62. The van der Waals surface area contributed by atoms with Crippen molar-refractivity contribution in [2.45, 2.75) is 31.2 Å². The van der Waals surface area contributed by atoms with Crippen molar-refractivity contribution in [3.63, 3.8) is 0 Å². The van der Waals surface area contributed by atoms with E-state index in [4.69, 9.17) is 4.98 Å². The standard InChI is InChI=1S/C26H31BrN4/c1-30-15-16-31(25(18-30)20-7-3-2-4-8-20)14-6-13-28-24-17-23(19-11-12-19)29-26-21(24)9-5-10-22(26)27/h2-5,7-10,17,19,25H,6,11-16,18H2,1H3,(H,28,29). The van der Waals surface area contributed by atoms with Crippen molar-refractivity contribution in [1.29, 1.82) is 0 Å². The number of halogens is 1. The largest absolute Gasteiger partial charge is 0.384 e. The Balaban J connectivity index is 1.26. The Hall–Kier alpha value is -1.95. The summed E-state index contributed by atoms with van der Waals surface area (Å²) in [6, 6.07) is 20.1. The molecule has 0 spiro atoms. The van der Waals surface area contributed by atoms with Crippen molar-refractivity contribution < 1.29 is 0 Å². The molecule has 1 aromatic heterocycles. The Morgan fingerprint density at radius 1 is 1.06 bits per heavy atom. The summed E-state index contributed by atoms with van der Waals surface area (Å²) < 4.78 is 1.08. The van der Waals surface area contributed by atoms with Gasteiger partial charge in [-0.25, -0.2) is 0 Å². The van der Waals surface area contributed by atoms with Crippen molar-refractivity contribution >= 4 is 32.5 Å². The average Bonchev–Trinajstić information content (AvgIpc) is 3.64. The number of rotatable bonds is 7. The number of benzene rings is 2. The number of hydrogen-bond acceptors (Lipinski definition) is 4. The summed E-state index contributed by atoms with van der Waals surface area (Å²) in [5, 5.41) is 4.95. The van der Waals surface area contributed by atoms with Crippen LogP contribution in [0.4, 0.5) is 5.69 Å².